The van der Waals surface area contributed by atoms with Crippen LogP contribution in [-0.2, 0) is 0 Å². The number of hydrogen-bond donors (Lipinski definition) is 2. The van der Waals surface area contributed by atoms with Crippen LogP contribution in [0, 0.1) is 5.41 Å². The summed E-state index contributed by atoms with van der Waals surface area (Å²) < 4.78 is 0. The smallest absolute Gasteiger partial charge is 0.151 e. The summed E-state index contributed by atoms with van der Waals surface area (Å²) in [5.74, 6) is 0. The Labute approximate surface area is 72.1 Å². The van der Waals surface area contributed by atoms with E-state index in [1.54, 1.807) is 0 Å². The zero-order valence-corrected chi connectivity index (χ0v) is 7.79. The third-order valence-corrected chi connectivity index (χ3v) is 2.23. The average molecular weight is 170 g/mol. The fourth-order valence-electron chi connectivity index (χ4n) is 0.609. The number of thioether (sulfide) groups is 1. The molecule has 0 heterocycles. The zero-order chi connectivity index (χ0) is 9.02. The van der Waals surface area contributed by atoms with Gasteiger partial charge in [-0.3, -0.25) is 5.41 Å². The van der Waals surface area contributed by atoms with E-state index < -0.39 is 0 Å². The van der Waals surface area contributed by atoms with Crippen molar-refractivity contribution in [1.82, 2.24) is 0 Å². The van der Waals surface area contributed by atoms with Crippen molar-refractivity contribution in [1.29, 1.82) is 5.41 Å². The van der Waals surface area contributed by atoms with Crippen LogP contribution in [0.3, 0.4) is 0 Å². The second-order valence-electron chi connectivity index (χ2n) is 2.43. The minimum Gasteiger partial charge on any atom is -0.379 e. The molecule has 0 aliphatic heterocycles. The first kappa shape index (κ1) is 10.3. The Kier molecular flexibility index (Phi) is 3.97. The van der Waals surface area contributed by atoms with Gasteiger partial charge in [0.1, 0.15) is 0 Å². The van der Waals surface area contributed by atoms with E-state index in [1.165, 1.54) is 11.8 Å². The molecule has 0 aromatic carbocycles. The van der Waals surface area contributed by atoms with E-state index >= 15 is 0 Å². The van der Waals surface area contributed by atoms with Gasteiger partial charge in [0, 0.05) is 5.25 Å². The Balaban J connectivity index is 4.03. The van der Waals surface area contributed by atoms with Crippen LogP contribution in [0.25, 0.3) is 0 Å². The van der Waals surface area contributed by atoms with Crippen LogP contribution in [0.1, 0.15) is 13.8 Å². The summed E-state index contributed by atoms with van der Waals surface area (Å²) in [5.41, 5.74) is 7.11. The molecule has 11 heavy (non-hydrogen) atoms. The van der Waals surface area contributed by atoms with E-state index in [1.807, 2.05) is 13.8 Å². The van der Waals surface area contributed by atoms with Gasteiger partial charge in [0.25, 0.3) is 0 Å². The highest BCUT2D eigenvalue weighted by Crippen LogP contribution is 2.21. The van der Waals surface area contributed by atoms with Crippen LogP contribution in [0.4, 0.5) is 0 Å². The zero-order valence-electron chi connectivity index (χ0n) is 6.98. The number of allylic oxidation sites excluding steroid dienone is 1. The van der Waals surface area contributed by atoms with Gasteiger partial charge in [-0.05, 0) is 19.4 Å². The van der Waals surface area contributed by atoms with Crippen LogP contribution in [0.5, 0.6) is 0 Å². The third kappa shape index (κ3) is 3.88. The number of rotatable bonds is 3. The summed E-state index contributed by atoms with van der Waals surface area (Å²) in [6, 6.07) is 0. The summed E-state index contributed by atoms with van der Waals surface area (Å²) in [7, 11) is 0. The van der Waals surface area contributed by atoms with E-state index in [0.717, 1.165) is 11.1 Å². The Morgan fingerprint density at radius 2 is 2.00 bits per heavy atom. The molecule has 2 nitrogen and oxygen atoms in total. The predicted octanol–water partition coefficient (Wildman–Crippen LogP) is 2.13. The minimum absolute atomic E-state index is 0.125. The second-order valence-corrected chi connectivity index (χ2v) is 3.81. The molecule has 0 bridgehead atoms. The Hall–Kier alpha value is -0.700. The van der Waals surface area contributed by atoms with E-state index in [4.69, 9.17) is 11.1 Å². The van der Waals surface area contributed by atoms with Crippen molar-refractivity contribution in [3.63, 3.8) is 0 Å². The van der Waals surface area contributed by atoms with Crippen LogP contribution in [-0.4, -0.2) is 10.4 Å². The maximum atomic E-state index is 7.03. The lowest BCUT2D eigenvalue weighted by molar-refractivity contribution is 1.14. The van der Waals surface area contributed by atoms with Crippen molar-refractivity contribution in [2.24, 2.45) is 5.73 Å². The highest BCUT2D eigenvalue weighted by Gasteiger charge is 2.08. The third-order valence-electron chi connectivity index (χ3n) is 1.34. The van der Waals surface area contributed by atoms with Crippen molar-refractivity contribution < 1.29 is 0 Å². The summed E-state index contributed by atoms with van der Waals surface area (Å²) in [6.45, 7) is 11.5. The molecule has 0 radical (unpaired) electrons. The normalized spacial score (nSPS) is 12.2. The Bertz CT molecular complexity index is 196. The lowest BCUT2D eigenvalue weighted by Gasteiger charge is -2.12. The Morgan fingerprint density at radius 3 is 2.27 bits per heavy atom. The van der Waals surface area contributed by atoms with Crippen LogP contribution < -0.4 is 5.73 Å². The lowest BCUT2D eigenvalue weighted by atomic mass is 10.1. The summed E-state index contributed by atoms with van der Waals surface area (Å²) in [6.07, 6.45) is 0. The standard InChI is InChI=1S/C8H14N2S/c1-5(2)6(3)7(4)11-8(9)10/h7H,1,3H2,2,4H3,(H3,9,10)/t7-/m1/s1. The number of hydrogen-bond acceptors (Lipinski definition) is 2. The fourth-order valence-corrected chi connectivity index (χ4v) is 1.33. The molecule has 0 saturated carbocycles. The molecule has 0 amide bonds. The van der Waals surface area contributed by atoms with Gasteiger partial charge in [0.05, 0.1) is 0 Å². The van der Waals surface area contributed by atoms with Gasteiger partial charge >= 0.3 is 0 Å². The van der Waals surface area contributed by atoms with Crippen molar-refractivity contribution >= 4 is 16.9 Å². The van der Waals surface area contributed by atoms with Crippen molar-refractivity contribution in [3.8, 4) is 0 Å². The summed E-state index contributed by atoms with van der Waals surface area (Å²) in [5, 5.41) is 7.31. The lowest BCUT2D eigenvalue weighted by Crippen LogP contribution is -2.11. The quantitative estimate of drug-likeness (QED) is 0.387. The molecule has 0 aromatic heterocycles. The van der Waals surface area contributed by atoms with Gasteiger partial charge in [-0.2, -0.15) is 0 Å². The van der Waals surface area contributed by atoms with Crippen LogP contribution >= 0.6 is 11.8 Å². The Morgan fingerprint density at radius 1 is 1.55 bits per heavy atom. The molecular weight excluding hydrogens is 156 g/mol. The number of amidine groups is 1. The molecular formula is C8H14N2S. The maximum absolute atomic E-state index is 7.03. The highest BCUT2D eigenvalue weighted by molar-refractivity contribution is 8.14. The molecule has 0 saturated heterocycles. The molecule has 0 spiro atoms. The van der Waals surface area contributed by atoms with E-state index in [0.29, 0.717) is 0 Å². The summed E-state index contributed by atoms with van der Waals surface area (Å²) >= 11 is 1.29. The SMILES string of the molecule is C=C(C)C(=C)[C@@H](C)SC(=N)N. The maximum Gasteiger partial charge on any atom is 0.151 e. The van der Waals surface area contributed by atoms with Crippen molar-refractivity contribution in [2.45, 2.75) is 19.1 Å². The highest BCUT2D eigenvalue weighted by atomic mass is 32.2. The van der Waals surface area contributed by atoms with E-state index in [-0.39, 0.29) is 10.4 Å². The van der Waals surface area contributed by atoms with Gasteiger partial charge in [-0.25, -0.2) is 0 Å². The van der Waals surface area contributed by atoms with Gasteiger partial charge in [0.2, 0.25) is 0 Å². The molecule has 0 aromatic rings. The molecule has 0 aliphatic carbocycles. The van der Waals surface area contributed by atoms with Gasteiger partial charge in [0.15, 0.2) is 5.17 Å². The van der Waals surface area contributed by atoms with Gasteiger partial charge < -0.3 is 5.73 Å². The largest absolute Gasteiger partial charge is 0.379 e. The fraction of sp³-hybridized carbons (Fsp3) is 0.375. The van der Waals surface area contributed by atoms with E-state index in [2.05, 4.69) is 13.2 Å². The molecule has 0 aliphatic rings. The first-order chi connectivity index (χ1) is 4.95. The second kappa shape index (κ2) is 4.23. The molecule has 62 valence electrons. The molecule has 1 atom stereocenters. The first-order valence-electron chi connectivity index (χ1n) is 3.30. The molecule has 3 N–H and O–H groups in total. The average Bonchev–Trinajstić information content (AvgIpc) is 1.84. The van der Waals surface area contributed by atoms with Crippen molar-refractivity contribution in [3.05, 3.63) is 24.3 Å². The molecule has 3 heteroatoms. The molecule has 0 rings (SSSR count). The number of nitrogens with one attached hydrogen (secondary N) is 1. The first-order valence-corrected chi connectivity index (χ1v) is 4.18. The minimum atomic E-state index is 0.125. The molecule has 0 unspecified atom stereocenters. The number of nitrogens with two attached hydrogens (primary N) is 1. The van der Waals surface area contributed by atoms with Gasteiger partial charge in [-0.15, -0.1) is 0 Å². The van der Waals surface area contributed by atoms with E-state index in [9.17, 15) is 0 Å². The van der Waals surface area contributed by atoms with Crippen LogP contribution in [0.2, 0.25) is 0 Å². The van der Waals surface area contributed by atoms with Gasteiger partial charge in [-0.1, -0.05) is 30.5 Å². The van der Waals surface area contributed by atoms with Crippen LogP contribution in [0.15, 0.2) is 24.3 Å². The van der Waals surface area contributed by atoms with Crippen molar-refractivity contribution in [2.75, 3.05) is 0 Å². The predicted molar refractivity (Wildman–Crippen MR) is 52.9 cm³/mol. The summed E-state index contributed by atoms with van der Waals surface area (Å²) in [4.78, 5) is 0. The molecule has 0 fully saturated rings. The topological polar surface area (TPSA) is 49.9 Å². The monoisotopic (exact) mass is 170 g/mol.